The van der Waals surface area contributed by atoms with Crippen molar-refractivity contribution in [1.82, 2.24) is 20.5 Å². The number of anilines is 1. The number of nitrogens with zero attached hydrogens (tertiary/aromatic N) is 2. The van der Waals surface area contributed by atoms with Gasteiger partial charge in [-0.05, 0) is 63.4 Å². The van der Waals surface area contributed by atoms with E-state index in [1.807, 2.05) is 12.1 Å². The highest BCUT2D eigenvalue weighted by atomic mass is 32.1. The van der Waals surface area contributed by atoms with Crippen molar-refractivity contribution in [2.75, 3.05) is 12.3 Å². The molecule has 1 aromatic carbocycles. The molecule has 2 atom stereocenters. The third-order valence-electron chi connectivity index (χ3n) is 6.14. The van der Waals surface area contributed by atoms with E-state index in [4.69, 9.17) is 10.5 Å². The van der Waals surface area contributed by atoms with Gasteiger partial charge in [-0.1, -0.05) is 12.1 Å². The van der Waals surface area contributed by atoms with Crippen LogP contribution < -0.4 is 16.4 Å². The van der Waals surface area contributed by atoms with Gasteiger partial charge in [0, 0.05) is 34.1 Å². The first-order chi connectivity index (χ1) is 18.0. The standard InChI is InChI=1S/C27H32FN5O4S/c1-27(2,3)37-26(36)32-20(13-16-6-8-17(28)9-7-16)25(35)33-12-4-5-21(33)24(34)31-15-18-14-19-22(38-18)10-11-30-23(19)29/h6-11,14,20-21H,4-5,12-13,15H2,1-3H3,(H2,29,30)(H,31,34)(H,32,36). The number of alkyl carbamates (subject to hydrolysis) is 1. The van der Waals surface area contributed by atoms with Gasteiger partial charge in [0.25, 0.3) is 0 Å². The first kappa shape index (κ1) is 27.3. The van der Waals surface area contributed by atoms with E-state index in [9.17, 15) is 18.8 Å². The van der Waals surface area contributed by atoms with Crippen LogP contribution in [0.1, 0.15) is 44.1 Å². The molecule has 1 fully saturated rings. The number of carbonyl (C=O) groups excluding carboxylic acids is 3. The number of ether oxygens (including phenoxy) is 1. The van der Waals surface area contributed by atoms with Crippen LogP contribution in [0, 0.1) is 5.82 Å². The van der Waals surface area contributed by atoms with Crippen LogP contribution in [0.2, 0.25) is 0 Å². The highest BCUT2D eigenvalue weighted by Crippen LogP contribution is 2.28. The number of amides is 3. The van der Waals surface area contributed by atoms with Crippen LogP contribution in [-0.2, 0) is 27.3 Å². The van der Waals surface area contributed by atoms with Crippen molar-refractivity contribution < 1.29 is 23.5 Å². The largest absolute Gasteiger partial charge is 0.444 e. The molecule has 9 nitrogen and oxygen atoms in total. The van der Waals surface area contributed by atoms with Gasteiger partial charge in [-0.2, -0.15) is 0 Å². The number of pyridine rings is 1. The van der Waals surface area contributed by atoms with Crippen LogP contribution in [0.25, 0.3) is 10.1 Å². The number of nitrogens with two attached hydrogens (primary N) is 1. The van der Waals surface area contributed by atoms with Crippen LogP contribution in [0.5, 0.6) is 0 Å². The molecular weight excluding hydrogens is 509 g/mol. The van der Waals surface area contributed by atoms with Gasteiger partial charge < -0.3 is 26.0 Å². The number of halogens is 1. The normalized spacial score (nSPS) is 16.3. The van der Waals surface area contributed by atoms with Crippen LogP contribution >= 0.6 is 11.3 Å². The molecule has 4 rings (SSSR count). The average molecular weight is 542 g/mol. The molecule has 4 N–H and O–H groups in total. The van der Waals surface area contributed by atoms with E-state index in [2.05, 4.69) is 15.6 Å². The van der Waals surface area contributed by atoms with Crippen molar-refractivity contribution in [2.45, 2.75) is 64.3 Å². The Balaban J connectivity index is 1.46. The first-order valence-electron chi connectivity index (χ1n) is 12.5. The topological polar surface area (TPSA) is 127 Å². The van der Waals surface area contributed by atoms with E-state index in [0.717, 1.165) is 15.0 Å². The number of nitrogen functional groups attached to an aromatic ring is 1. The molecule has 0 saturated carbocycles. The Morgan fingerprint density at radius 1 is 1.24 bits per heavy atom. The van der Waals surface area contributed by atoms with Gasteiger partial charge in [0.05, 0.1) is 6.54 Å². The Labute approximate surface area is 224 Å². The molecule has 3 amide bonds. The van der Waals surface area contributed by atoms with Gasteiger partial charge >= 0.3 is 6.09 Å². The van der Waals surface area contributed by atoms with Crippen molar-refractivity contribution in [3.63, 3.8) is 0 Å². The van der Waals surface area contributed by atoms with Gasteiger partial charge in [-0.3, -0.25) is 9.59 Å². The summed E-state index contributed by atoms with van der Waals surface area (Å²) in [7, 11) is 0. The quantitative estimate of drug-likeness (QED) is 0.418. The maximum Gasteiger partial charge on any atom is 0.408 e. The lowest BCUT2D eigenvalue weighted by Crippen LogP contribution is -2.54. The summed E-state index contributed by atoms with van der Waals surface area (Å²) >= 11 is 1.52. The molecule has 0 spiro atoms. The Bertz CT molecular complexity index is 1320. The SMILES string of the molecule is CC(C)(C)OC(=O)NC(Cc1ccc(F)cc1)C(=O)N1CCCC1C(=O)NCc1cc2c(N)nccc2s1. The smallest absolute Gasteiger partial charge is 0.408 e. The zero-order chi connectivity index (χ0) is 27.4. The predicted molar refractivity (Wildman–Crippen MR) is 144 cm³/mol. The molecule has 3 aromatic rings. The van der Waals surface area contributed by atoms with Crippen molar-refractivity contribution in [3.8, 4) is 0 Å². The summed E-state index contributed by atoms with van der Waals surface area (Å²) in [5.74, 6) is -0.616. The molecule has 2 aromatic heterocycles. The number of aromatic nitrogens is 1. The number of likely N-dealkylation sites (tertiary alicyclic amines) is 1. The average Bonchev–Trinajstić information content (AvgIpc) is 3.50. The summed E-state index contributed by atoms with van der Waals surface area (Å²) in [6.07, 6.45) is 2.20. The molecular formula is C27H32FN5O4S. The maximum absolute atomic E-state index is 13.6. The van der Waals surface area contributed by atoms with Crippen LogP contribution in [0.15, 0.2) is 42.6 Å². The number of rotatable bonds is 7. The molecule has 0 radical (unpaired) electrons. The fraction of sp³-hybridized carbons (Fsp3) is 0.407. The minimum Gasteiger partial charge on any atom is -0.444 e. The zero-order valence-corrected chi connectivity index (χ0v) is 22.4. The van der Waals surface area contributed by atoms with E-state index in [0.29, 0.717) is 37.3 Å². The Morgan fingerprint density at radius 3 is 2.66 bits per heavy atom. The minimum atomic E-state index is -0.984. The zero-order valence-electron chi connectivity index (χ0n) is 21.6. The van der Waals surface area contributed by atoms with E-state index >= 15 is 0 Å². The Morgan fingerprint density at radius 2 is 1.97 bits per heavy atom. The number of nitrogens with one attached hydrogen (secondary N) is 2. The minimum absolute atomic E-state index is 0.125. The number of thiophene rings is 1. The second kappa shape index (κ2) is 11.3. The van der Waals surface area contributed by atoms with Crippen molar-refractivity contribution in [2.24, 2.45) is 0 Å². The summed E-state index contributed by atoms with van der Waals surface area (Å²) in [6.45, 7) is 5.87. The van der Waals surface area contributed by atoms with Gasteiger partial charge in [-0.25, -0.2) is 14.2 Å². The van der Waals surface area contributed by atoms with Crippen LogP contribution in [-0.4, -0.2) is 52.0 Å². The second-order valence-corrected chi connectivity index (χ2v) is 11.4. The van der Waals surface area contributed by atoms with Gasteiger partial charge in [0.15, 0.2) is 0 Å². The number of hydrogen-bond acceptors (Lipinski definition) is 7. The molecule has 1 aliphatic heterocycles. The molecule has 3 heterocycles. The molecule has 38 heavy (non-hydrogen) atoms. The van der Waals surface area contributed by atoms with E-state index in [1.165, 1.54) is 28.4 Å². The number of hydrogen-bond donors (Lipinski definition) is 3. The lowest BCUT2D eigenvalue weighted by Gasteiger charge is -2.29. The summed E-state index contributed by atoms with van der Waals surface area (Å²) < 4.78 is 19.8. The van der Waals surface area contributed by atoms with Crippen molar-refractivity contribution in [1.29, 1.82) is 0 Å². The third-order valence-corrected chi connectivity index (χ3v) is 7.25. The molecule has 1 saturated heterocycles. The highest BCUT2D eigenvalue weighted by Gasteiger charge is 2.38. The van der Waals surface area contributed by atoms with E-state index < -0.39 is 35.5 Å². The molecule has 0 bridgehead atoms. The second-order valence-electron chi connectivity index (χ2n) is 10.3. The van der Waals surface area contributed by atoms with Gasteiger partial charge in [-0.15, -0.1) is 11.3 Å². The van der Waals surface area contributed by atoms with Crippen molar-refractivity contribution >= 4 is 45.1 Å². The first-order valence-corrected chi connectivity index (χ1v) is 13.3. The summed E-state index contributed by atoms with van der Waals surface area (Å²) in [4.78, 5) is 45.9. The third kappa shape index (κ3) is 6.77. The van der Waals surface area contributed by atoms with Gasteiger partial charge in [0.2, 0.25) is 11.8 Å². The molecule has 2 unspecified atom stereocenters. The maximum atomic E-state index is 13.6. The molecule has 1 aliphatic rings. The fourth-order valence-electron chi connectivity index (χ4n) is 4.43. The van der Waals surface area contributed by atoms with E-state index in [1.54, 1.807) is 39.1 Å². The summed E-state index contributed by atoms with van der Waals surface area (Å²) in [6, 6.07) is 7.85. The predicted octanol–water partition coefficient (Wildman–Crippen LogP) is 3.76. The van der Waals surface area contributed by atoms with E-state index in [-0.39, 0.29) is 12.3 Å². The monoisotopic (exact) mass is 541 g/mol. The van der Waals surface area contributed by atoms with Crippen LogP contribution in [0.4, 0.5) is 15.0 Å². The molecule has 11 heteroatoms. The van der Waals surface area contributed by atoms with Crippen LogP contribution in [0.3, 0.4) is 0 Å². The highest BCUT2D eigenvalue weighted by molar-refractivity contribution is 7.19. The fourth-order valence-corrected chi connectivity index (χ4v) is 5.43. The number of benzene rings is 1. The lowest BCUT2D eigenvalue weighted by atomic mass is 10.0. The summed E-state index contributed by atoms with van der Waals surface area (Å²) in [5, 5.41) is 6.44. The summed E-state index contributed by atoms with van der Waals surface area (Å²) in [5.41, 5.74) is 5.86. The lowest BCUT2D eigenvalue weighted by molar-refractivity contribution is -0.140. The Hall–Kier alpha value is -3.73. The van der Waals surface area contributed by atoms with Gasteiger partial charge in [0.1, 0.15) is 29.3 Å². The molecule has 202 valence electrons. The number of fused-ring (bicyclic) bond motifs is 1. The Kier molecular flexibility index (Phi) is 8.15. The van der Waals surface area contributed by atoms with Crippen molar-refractivity contribution in [3.05, 3.63) is 58.9 Å². The number of carbonyl (C=O) groups is 3. The molecule has 0 aliphatic carbocycles.